The van der Waals surface area contributed by atoms with Crippen molar-refractivity contribution >= 4 is 89.6 Å². The monoisotopic (exact) mass is 1220 g/mol. The highest BCUT2D eigenvalue weighted by Crippen LogP contribution is 2.35. The van der Waals surface area contributed by atoms with E-state index >= 15 is 0 Å². The summed E-state index contributed by atoms with van der Waals surface area (Å²) in [5.41, 5.74) is 2.21. The number of aromatic hydroxyl groups is 4. The molecule has 7 aromatic rings. The van der Waals surface area contributed by atoms with Crippen molar-refractivity contribution in [3.05, 3.63) is 143 Å². The molecule has 0 bridgehead atoms. The maximum absolute atomic E-state index is 13.3. The van der Waals surface area contributed by atoms with Gasteiger partial charge in [-0.05, 0) is 60.7 Å². The molecule has 8 N–H and O–H groups in total. The third-order valence-electron chi connectivity index (χ3n) is 12.6. The molecule has 0 aliphatic heterocycles. The zero-order valence-corrected chi connectivity index (χ0v) is 49.2. The minimum atomic E-state index is -3.95. The average Bonchev–Trinajstić information content (AvgIpc) is 1.51. The lowest BCUT2D eigenvalue weighted by atomic mass is 10.1. The molecule has 86 heavy (non-hydrogen) atoms. The summed E-state index contributed by atoms with van der Waals surface area (Å²) in [5.74, 6) is -2.95. The third kappa shape index (κ3) is 16.0. The number of anilines is 2. The van der Waals surface area contributed by atoms with Gasteiger partial charge in [0, 0.05) is 121 Å². The van der Waals surface area contributed by atoms with Crippen molar-refractivity contribution in [1.82, 2.24) is 20.1 Å². The summed E-state index contributed by atoms with van der Waals surface area (Å²) in [4.78, 5) is 51.0. The van der Waals surface area contributed by atoms with Crippen LogP contribution in [0.2, 0.25) is 0 Å². The largest absolute Gasteiger partial charge is 0.504 e. The van der Waals surface area contributed by atoms with Gasteiger partial charge >= 0.3 is 0 Å². The zero-order chi connectivity index (χ0) is 62.0. The Bertz CT molecular complexity index is 3680. The van der Waals surface area contributed by atoms with Crippen molar-refractivity contribution in [2.45, 2.75) is 9.79 Å². The second-order valence-corrected chi connectivity index (χ2v) is 22.3. The first-order chi connectivity index (χ1) is 41.3. The van der Waals surface area contributed by atoms with Crippen molar-refractivity contribution in [1.29, 1.82) is 0 Å². The number of methoxy groups -OCH3 is 2. The van der Waals surface area contributed by atoms with Crippen molar-refractivity contribution in [3.63, 3.8) is 0 Å². The van der Waals surface area contributed by atoms with Gasteiger partial charge < -0.3 is 69.7 Å². The number of hydrogen-bond donors (Lipinski definition) is 8. The van der Waals surface area contributed by atoms with E-state index in [2.05, 4.69) is 40.7 Å². The summed E-state index contributed by atoms with van der Waals surface area (Å²) in [7, 11) is 2.19. The van der Waals surface area contributed by atoms with E-state index in [9.17, 15) is 46.9 Å². The number of benzene rings is 7. The van der Waals surface area contributed by atoms with E-state index in [-0.39, 0.29) is 119 Å². The molecule has 7 rings (SSSR count). The standard InChI is InChI=1S/C58H64N10O16S2/c1-67(2)47-15-7-13-45-43(47)11-9-17-51(45)85(75,76)65-23-21-59-57(73)39-29-41(53(69)49(31-39)79-5)35-63-83-27-25-81-61-33-37-19-20-38(56(72)55(37)71)34-62-82-26-28-84-64-36-42-30-40(32-50(80-6)54(42)70)58(74)60-22-24-66-86(77,78)52-18-10-12-44-46(52)14-8-16-48(44)68(3)4/h7-20,29-36,65-66,69-72H,21-28H2,1-6H3,(H,59,73)(H,60,74)/b61-33+,62-34+,63-35+,64-36+. The molecule has 454 valence electrons. The normalized spacial score (nSPS) is 11.9. The maximum Gasteiger partial charge on any atom is 0.251 e. The van der Waals surface area contributed by atoms with Crippen LogP contribution in [-0.2, 0) is 39.4 Å². The second-order valence-electron chi connectivity index (χ2n) is 18.8. The van der Waals surface area contributed by atoms with E-state index < -0.39 is 43.4 Å². The molecular formula is C58H64N10O16S2. The average molecular weight is 1220 g/mol. The van der Waals surface area contributed by atoms with Crippen LogP contribution in [0.3, 0.4) is 0 Å². The Morgan fingerprint density at radius 1 is 0.453 bits per heavy atom. The predicted molar refractivity (Wildman–Crippen MR) is 325 cm³/mol. The summed E-state index contributed by atoms with van der Waals surface area (Å²) < 4.78 is 68.7. The van der Waals surface area contributed by atoms with Crippen molar-refractivity contribution in [2.24, 2.45) is 20.6 Å². The number of carbonyl (C=O) groups excluding carboxylic acids is 2. The highest BCUT2D eigenvalue weighted by atomic mass is 32.2. The third-order valence-corrected chi connectivity index (χ3v) is 15.7. The minimum absolute atomic E-state index is 0.0322. The van der Waals surface area contributed by atoms with Gasteiger partial charge in [-0.1, -0.05) is 69.2 Å². The van der Waals surface area contributed by atoms with Crippen LogP contribution in [-0.4, -0.2) is 169 Å². The molecule has 0 spiro atoms. The van der Waals surface area contributed by atoms with Gasteiger partial charge in [0.25, 0.3) is 11.8 Å². The van der Waals surface area contributed by atoms with E-state index in [1.807, 2.05) is 62.3 Å². The number of amides is 2. The minimum Gasteiger partial charge on any atom is -0.504 e. The topological polar surface area (TPSA) is 343 Å². The first-order valence-corrected chi connectivity index (χ1v) is 29.1. The molecule has 0 saturated carbocycles. The SMILES string of the molecule is COc1cc(C(=O)NCCNS(=O)(=O)c2cccc3c(N(C)C)cccc23)cc(/C=N/OCCO/N=C/c2ccc(/C=N/OCCO/N=C/c3cc(C(=O)NCCNS(=O)(=O)c4cccc5c(N(C)C)cccc45)cc(OC)c3O)c(O)c2O)c1O. The molecule has 7 aromatic carbocycles. The molecule has 28 heteroatoms. The number of nitrogens with zero attached hydrogens (tertiary/aromatic N) is 6. The van der Waals surface area contributed by atoms with Crippen LogP contribution in [0.4, 0.5) is 11.4 Å². The first kappa shape index (κ1) is 63.7. The highest BCUT2D eigenvalue weighted by Gasteiger charge is 2.22. The summed E-state index contributed by atoms with van der Waals surface area (Å²) in [6.07, 6.45) is 4.57. The zero-order valence-electron chi connectivity index (χ0n) is 47.5. The van der Waals surface area contributed by atoms with Gasteiger partial charge in [-0.3, -0.25) is 9.59 Å². The number of phenols is 4. The summed E-state index contributed by atoms with van der Waals surface area (Å²) in [5, 5.41) is 65.6. The van der Waals surface area contributed by atoms with Gasteiger partial charge in [-0.15, -0.1) is 0 Å². The van der Waals surface area contributed by atoms with E-state index in [1.165, 1.54) is 62.8 Å². The summed E-state index contributed by atoms with van der Waals surface area (Å²) in [6.45, 7) is -0.847. The summed E-state index contributed by atoms with van der Waals surface area (Å²) >= 11 is 0. The van der Waals surface area contributed by atoms with E-state index in [4.69, 9.17) is 28.8 Å². The fourth-order valence-electron chi connectivity index (χ4n) is 8.44. The van der Waals surface area contributed by atoms with Crippen LogP contribution in [0.5, 0.6) is 34.5 Å². The van der Waals surface area contributed by atoms with Crippen LogP contribution in [0, 0.1) is 0 Å². The number of hydrogen-bond acceptors (Lipinski definition) is 22. The first-order valence-electron chi connectivity index (χ1n) is 26.2. The maximum atomic E-state index is 13.3. The lowest BCUT2D eigenvalue weighted by Gasteiger charge is -2.17. The number of carbonyl (C=O) groups is 2. The van der Waals surface area contributed by atoms with E-state index in [0.29, 0.717) is 10.8 Å². The number of sulfonamides is 2. The quantitative estimate of drug-likeness (QED) is 0.0124. The number of oxime groups is 4. The molecule has 26 nitrogen and oxygen atoms in total. The number of nitrogens with one attached hydrogen (secondary N) is 4. The Kier molecular flexibility index (Phi) is 21.9. The van der Waals surface area contributed by atoms with E-state index in [0.717, 1.165) is 47.0 Å². The molecule has 0 aliphatic carbocycles. The molecule has 0 saturated heterocycles. The highest BCUT2D eigenvalue weighted by molar-refractivity contribution is 7.90. The Hall–Kier alpha value is -9.90. The van der Waals surface area contributed by atoms with Gasteiger partial charge in [0.15, 0.2) is 60.9 Å². The lowest BCUT2D eigenvalue weighted by molar-refractivity contribution is 0.0552. The Morgan fingerprint density at radius 3 is 1.14 bits per heavy atom. The summed E-state index contributed by atoms with van der Waals surface area (Å²) in [6, 6.07) is 29.0. The molecule has 0 unspecified atom stereocenters. The van der Waals surface area contributed by atoms with Crippen molar-refractivity contribution in [3.8, 4) is 34.5 Å². The van der Waals surface area contributed by atoms with Gasteiger partial charge in [-0.25, -0.2) is 26.3 Å². The molecule has 0 fully saturated rings. The van der Waals surface area contributed by atoms with Crippen LogP contribution in [0.1, 0.15) is 43.0 Å². The number of rotatable bonds is 30. The fourth-order valence-corrected chi connectivity index (χ4v) is 10.9. The predicted octanol–water partition coefficient (Wildman–Crippen LogP) is 5.18. The van der Waals surface area contributed by atoms with Crippen LogP contribution < -0.4 is 39.4 Å². The van der Waals surface area contributed by atoms with Crippen molar-refractivity contribution in [2.75, 3.05) is 105 Å². The number of ether oxygens (including phenoxy) is 2. The molecule has 2 amide bonds. The van der Waals surface area contributed by atoms with Crippen molar-refractivity contribution < 1.29 is 75.7 Å². The Balaban J connectivity index is 0.803. The van der Waals surface area contributed by atoms with Crippen LogP contribution in [0.25, 0.3) is 21.5 Å². The molecule has 0 atom stereocenters. The van der Waals surface area contributed by atoms with Gasteiger partial charge in [0.05, 0.1) is 48.9 Å². The molecule has 0 aliphatic rings. The van der Waals surface area contributed by atoms with Crippen LogP contribution in [0.15, 0.2) is 140 Å². The smallest absolute Gasteiger partial charge is 0.251 e. The van der Waals surface area contributed by atoms with Gasteiger partial charge in [0.1, 0.15) is 0 Å². The molecular weight excluding hydrogens is 1160 g/mol. The lowest BCUT2D eigenvalue weighted by Crippen LogP contribution is -2.34. The van der Waals surface area contributed by atoms with E-state index in [1.54, 1.807) is 36.4 Å². The molecule has 0 heterocycles. The Labute approximate surface area is 495 Å². The van der Waals surface area contributed by atoms with Crippen LogP contribution >= 0.6 is 0 Å². The number of fused-ring (bicyclic) bond motifs is 2. The van der Waals surface area contributed by atoms with Gasteiger partial charge in [-0.2, -0.15) is 0 Å². The van der Waals surface area contributed by atoms with Gasteiger partial charge in [0.2, 0.25) is 20.0 Å². The molecule has 0 aromatic heterocycles. The second kappa shape index (κ2) is 29.6. The number of phenolic OH excluding ortho intramolecular Hbond substituents is 4. The Morgan fingerprint density at radius 2 is 0.791 bits per heavy atom. The molecule has 0 radical (unpaired) electrons. The fraction of sp³-hybridized carbons (Fsp3) is 0.241.